The van der Waals surface area contributed by atoms with Crippen molar-refractivity contribution in [2.24, 2.45) is 5.92 Å². The molecule has 0 radical (unpaired) electrons. The van der Waals surface area contributed by atoms with Gasteiger partial charge in [-0.3, -0.25) is 4.79 Å². The van der Waals surface area contributed by atoms with Gasteiger partial charge in [-0.1, -0.05) is 11.6 Å². The highest BCUT2D eigenvalue weighted by atomic mass is 16.3. The van der Waals surface area contributed by atoms with Gasteiger partial charge in [-0.05, 0) is 64.8 Å². The Kier molecular flexibility index (Phi) is 5.00. The van der Waals surface area contributed by atoms with Gasteiger partial charge in [-0.2, -0.15) is 0 Å². The van der Waals surface area contributed by atoms with E-state index in [0.717, 1.165) is 47.6 Å². The number of hydrogen-bond donors (Lipinski definition) is 1. The molecule has 1 fully saturated rings. The summed E-state index contributed by atoms with van der Waals surface area (Å²) in [5.41, 5.74) is 5.01. The molecule has 2 heterocycles. The molecule has 3 rings (SSSR count). The molecule has 134 valence electrons. The predicted octanol–water partition coefficient (Wildman–Crippen LogP) is 3.64. The molecule has 2 aromatic rings. The molecule has 1 saturated heterocycles. The minimum Gasteiger partial charge on any atom is -0.393 e. The van der Waals surface area contributed by atoms with Crippen LogP contribution < -0.4 is 0 Å². The molecule has 1 amide bonds. The van der Waals surface area contributed by atoms with Crippen LogP contribution in [0, 0.1) is 26.7 Å². The van der Waals surface area contributed by atoms with Crippen LogP contribution in [0.4, 0.5) is 0 Å². The predicted molar refractivity (Wildman–Crippen MR) is 100 cm³/mol. The Morgan fingerprint density at radius 3 is 2.48 bits per heavy atom. The maximum absolute atomic E-state index is 13.3. The summed E-state index contributed by atoms with van der Waals surface area (Å²) in [6.07, 6.45) is 1.56. The van der Waals surface area contributed by atoms with E-state index in [0.29, 0.717) is 6.54 Å². The number of amides is 1. The quantitative estimate of drug-likeness (QED) is 0.927. The molecule has 1 aliphatic rings. The number of rotatable bonds is 3. The van der Waals surface area contributed by atoms with Crippen molar-refractivity contribution in [1.29, 1.82) is 0 Å². The Balaban J connectivity index is 1.99. The average molecular weight is 340 g/mol. The first-order chi connectivity index (χ1) is 11.9. The first-order valence-electron chi connectivity index (χ1n) is 9.12. The van der Waals surface area contributed by atoms with Crippen molar-refractivity contribution in [2.45, 2.75) is 46.6 Å². The normalized spacial score (nSPS) is 19.1. The van der Waals surface area contributed by atoms with E-state index in [1.165, 1.54) is 0 Å². The largest absolute Gasteiger partial charge is 0.393 e. The van der Waals surface area contributed by atoms with E-state index < -0.39 is 0 Å². The van der Waals surface area contributed by atoms with E-state index >= 15 is 0 Å². The summed E-state index contributed by atoms with van der Waals surface area (Å²) in [5, 5.41) is 9.93. The fourth-order valence-electron chi connectivity index (χ4n) is 3.82. The molecule has 1 aromatic carbocycles. The van der Waals surface area contributed by atoms with Gasteiger partial charge in [0.05, 0.1) is 17.4 Å². The third-order valence-corrected chi connectivity index (χ3v) is 5.32. The number of aryl methyl sites for hydroxylation is 3. The fraction of sp³-hybridized carbons (Fsp3) is 0.476. The molecule has 25 heavy (non-hydrogen) atoms. The zero-order chi connectivity index (χ0) is 18.1. The molecule has 2 unspecified atom stereocenters. The number of carbonyl (C=O) groups excluding carboxylic acids is 1. The zero-order valence-corrected chi connectivity index (χ0v) is 15.6. The second kappa shape index (κ2) is 7.04. The van der Waals surface area contributed by atoms with Crippen LogP contribution in [0.25, 0.3) is 5.69 Å². The lowest BCUT2D eigenvalue weighted by Gasteiger charge is -2.34. The van der Waals surface area contributed by atoms with Crippen molar-refractivity contribution >= 4 is 5.91 Å². The summed E-state index contributed by atoms with van der Waals surface area (Å²) < 4.78 is 2.14. The molecule has 1 aliphatic heterocycles. The Morgan fingerprint density at radius 2 is 1.84 bits per heavy atom. The van der Waals surface area contributed by atoms with E-state index in [4.69, 9.17) is 0 Å². The third kappa shape index (κ3) is 3.49. The Bertz CT molecular complexity index is 757. The number of nitrogens with zero attached hydrogens (tertiary/aromatic N) is 2. The lowest BCUT2D eigenvalue weighted by molar-refractivity contribution is 0.0466. The minimum atomic E-state index is -0.374. The number of aromatic nitrogens is 1. The van der Waals surface area contributed by atoms with E-state index in [1.807, 2.05) is 30.9 Å². The molecule has 4 nitrogen and oxygen atoms in total. The molecule has 1 N–H and O–H groups in total. The van der Waals surface area contributed by atoms with Gasteiger partial charge in [0.1, 0.15) is 0 Å². The second-order valence-electron chi connectivity index (χ2n) is 7.37. The fourth-order valence-corrected chi connectivity index (χ4v) is 3.82. The molecular weight excluding hydrogens is 312 g/mol. The SMILES string of the molecule is Cc1ccc(-n2c(C)ccc2C)c(C(=O)N2CCCC(C(C)O)C2)c1. The molecule has 4 heteroatoms. The minimum absolute atomic E-state index is 0.0663. The first-order valence-corrected chi connectivity index (χ1v) is 9.12. The number of carbonyl (C=O) groups is 1. The molecule has 0 spiro atoms. The molecule has 2 atom stereocenters. The summed E-state index contributed by atoms with van der Waals surface area (Å²) in [4.78, 5) is 15.2. The van der Waals surface area contributed by atoms with Crippen molar-refractivity contribution in [3.05, 3.63) is 52.8 Å². The van der Waals surface area contributed by atoms with Gasteiger partial charge in [0.2, 0.25) is 0 Å². The van der Waals surface area contributed by atoms with Crippen molar-refractivity contribution in [2.75, 3.05) is 13.1 Å². The lowest BCUT2D eigenvalue weighted by Crippen LogP contribution is -2.43. The molecular formula is C21H28N2O2. The van der Waals surface area contributed by atoms with Crippen molar-refractivity contribution < 1.29 is 9.90 Å². The Labute approximate surface area is 150 Å². The summed E-state index contributed by atoms with van der Waals surface area (Å²) in [5.74, 6) is 0.234. The van der Waals surface area contributed by atoms with Crippen molar-refractivity contribution in [3.8, 4) is 5.69 Å². The second-order valence-corrected chi connectivity index (χ2v) is 7.37. The lowest BCUT2D eigenvalue weighted by atomic mass is 9.93. The van der Waals surface area contributed by atoms with Gasteiger partial charge in [-0.25, -0.2) is 0 Å². The van der Waals surface area contributed by atoms with Crippen LogP contribution in [-0.2, 0) is 0 Å². The van der Waals surface area contributed by atoms with Crippen molar-refractivity contribution in [1.82, 2.24) is 9.47 Å². The summed E-state index contributed by atoms with van der Waals surface area (Å²) in [6.45, 7) is 9.36. The van der Waals surface area contributed by atoms with E-state index in [1.54, 1.807) is 0 Å². The highest BCUT2D eigenvalue weighted by Crippen LogP contribution is 2.26. The van der Waals surface area contributed by atoms with E-state index in [-0.39, 0.29) is 17.9 Å². The average Bonchev–Trinajstić information content (AvgIpc) is 2.93. The van der Waals surface area contributed by atoms with Gasteiger partial charge in [0.25, 0.3) is 5.91 Å². The van der Waals surface area contributed by atoms with Gasteiger partial charge in [0, 0.05) is 30.4 Å². The highest BCUT2D eigenvalue weighted by molar-refractivity contribution is 5.98. The van der Waals surface area contributed by atoms with Crippen LogP contribution in [0.5, 0.6) is 0 Å². The Morgan fingerprint density at radius 1 is 1.16 bits per heavy atom. The van der Waals surface area contributed by atoms with Crippen LogP contribution in [0.1, 0.15) is 47.1 Å². The summed E-state index contributed by atoms with van der Waals surface area (Å²) in [6, 6.07) is 10.2. The third-order valence-electron chi connectivity index (χ3n) is 5.32. The molecule has 0 saturated carbocycles. The number of benzene rings is 1. The van der Waals surface area contributed by atoms with Crippen LogP contribution in [0.3, 0.4) is 0 Å². The van der Waals surface area contributed by atoms with Crippen LogP contribution in [0.2, 0.25) is 0 Å². The number of hydrogen-bond acceptors (Lipinski definition) is 2. The number of likely N-dealkylation sites (tertiary alicyclic amines) is 1. The first kappa shape index (κ1) is 17.7. The summed E-state index contributed by atoms with van der Waals surface area (Å²) in [7, 11) is 0. The van der Waals surface area contributed by atoms with Crippen LogP contribution in [-0.4, -0.2) is 39.7 Å². The van der Waals surface area contributed by atoms with Gasteiger partial charge >= 0.3 is 0 Å². The molecule has 0 bridgehead atoms. The monoisotopic (exact) mass is 340 g/mol. The van der Waals surface area contributed by atoms with Gasteiger partial charge in [-0.15, -0.1) is 0 Å². The van der Waals surface area contributed by atoms with Gasteiger partial charge in [0.15, 0.2) is 0 Å². The van der Waals surface area contributed by atoms with E-state index in [2.05, 4.69) is 36.6 Å². The molecule has 0 aliphatic carbocycles. The van der Waals surface area contributed by atoms with Gasteiger partial charge < -0.3 is 14.6 Å². The number of aliphatic hydroxyl groups excluding tert-OH is 1. The van der Waals surface area contributed by atoms with E-state index in [9.17, 15) is 9.90 Å². The molecule has 1 aromatic heterocycles. The number of aliphatic hydroxyl groups is 1. The zero-order valence-electron chi connectivity index (χ0n) is 15.6. The van der Waals surface area contributed by atoms with Crippen LogP contribution >= 0.6 is 0 Å². The highest BCUT2D eigenvalue weighted by Gasteiger charge is 2.28. The smallest absolute Gasteiger partial charge is 0.256 e. The maximum atomic E-state index is 13.3. The maximum Gasteiger partial charge on any atom is 0.256 e. The van der Waals surface area contributed by atoms with Crippen LogP contribution in [0.15, 0.2) is 30.3 Å². The Hall–Kier alpha value is -2.07. The topological polar surface area (TPSA) is 45.5 Å². The summed E-state index contributed by atoms with van der Waals surface area (Å²) >= 11 is 0. The standard InChI is InChI=1S/C21H28N2O2/c1-14-7-10-20(23-15(2)8-9-16(23)3)19(12-14)21(25)22-11-5-6-18(13-22)17(4)24/h7-10,12,17-18,24H,5-6,11,13H2,1-4H3. The number of piperidine rings is 1. The van der Waals surface area contributed by atoms with Crippen molar-refractivity contribution in [3.63, 3.8) is 0 Å².